The molecule has 0 fully saturated rings. The lowest BCUT2D eigenvalue weighted by Crippen LogP contribution is -2.30. The van der Waals surface area contributed by atoms with Crippen LogP contribution in [0.25, 0.3) is 5.65 Å². The van der Waals surface area contributed by atoms with Crippen LogP contribution in [-0.2, 0) is 11.2 Å². The molecule has 3 aromatic heterocycles. The molecule has 0 bridgehead atoms. The van der Waals surface area contributed by atoms with E-state index in [0.717, 1.165) is 22.2 Å². The van der Waals surface area contributed by atoms with E-state index in [0.29, 0.717) is 12.3 Å². The summed E-state index contributed by atoms with van der Waals surface area (Å²) in [5.41, 5.74) is 0.787. The third-order valence-electron chi connectivity index (χ3n) is 3.36. The van der Waals surface area contributed by atoms with Gasteiger partial charge in [0, 0.05) is 37.3 Å². The first-order chi connectivity index (χ1) is 11.1. The first-order valence-corrected chi connectivity index (χ1v) is 9.01. The van der Waals surface area contributed by atoms with Crippen molar-refractivity contribution in [3.05, 3.63) is 40.5 Å². The highest BCUT2D eigenvalue weighted by molar-refractivity contribution is 7.99. The van der Waals surface area contributed by atoms with Gasteiger partial charge in [0.2, 0.25) is 5.91 Å². The summed E-state index contributed by atoms with van der Waals surface area (Å²) in [6.45, 7) is 2.71. The number of carbonyl (C=O) groups is 1. The maximum atomic E-state index is 12.2. The van der Waals surface area contributed by atoms with Crippen molar-refractivity contribution in [2.75, 3.05) is 19.3 Å². The molecule has 0 aliphatic heterocycles. The van der Waals surface area contributed by atoms with Crippen LogP contribution < -0.4 is 0 Å². The van der Waals surface area contributed by atoms with E-state index in [1.54, 1.807) is 16.2 Å². The summed E-state index contributed by atoms with van der Waals surface area (Å²) in [5, 5.41) is 10.0. The lowest BCUT2D eigenvalue weighted by molar-refractivity contribution is -0.127. The molecule has 120 valence electrons. The quantitative estimate of drug-likeness (QED) is 0.640. The largest absolute Gasteiger partial charge is 0.345 e. The number of nitrogens with zero attached hydrogens (tertiary/aromatic N) is 5. The molecular weight excluding hydrogens is 330 g/mol. The van der Waals surface area contributed by atoms with E-state index in [1.807, 2.05) is 49.0 Å². The van der Waals surface area contributed by atoms with Gasteiger partial charge in [0.25, 0.3) is 0 Å². The molecule has 0 unspecified atom stereocenters. The van der Waals surface area contributed by atoms with Gasteiger partial charge in [0.1, 0.15) is 0 Å². The van der Waals surface area contributed by atoms with Gasteiger partial charge in [-0.05, 0) is 19.1 Å². The number of aromatic nitrogens is 4. The van der Waals surface area contributed by atoms with Crippen LogP contribution in [0, 0.1) is 6.92 Å². The molecule has 0 saturated heterocycles. The molecule has 1 amide bonds. The molecule has 0 aromatic carbocycles. The molecule has 23 heavy (non-hydrogen) atoms. The topological polar surface area (TPSA) is 63.4 Å². The van der Waals surface area contributed by atoms with E-state index in [-0.39, 0.29) is 5.91 Å². The molecule has 0 aliphatic rings. The minimum atomic E-state index is 0.0796. The first kappa shape index (κ1) is 15.9. The van der Waals surface area contributed by atoms with Gasteiger partial charge in [-0.15, -0.1) is 21.5 Å². The van der Waals surface area contributed by atoms with E-state index in [2.05, 4.69) is 15.2 Å². The van der Waals surface area contributed by atoms with Crippen LogP contribution in [0.1, 0.15) is 9.88 Å². The second-order valence-corrected chi connectivity index (χ2v) is 7.39. The standard InChI is InChI=1S/C15H17N5OS2/c1-11-9-16-13(23-11)6-8-19(2)14(21)10-22-15-18-17-12-5-3-4-7-20(12)15/h3-5,7,9H,6,8,10H2,1-2H3. The van der Waals surface area contributed by atoms with Crippen LogP contribution in [0.4, 0.5) is 0 Å². The minimum absolute atomic E-state index is 0.0796. The number of pyridine rings is 1. The summed E-state index contributed by atoms with van der Waals surface area (Å²) in [7, 11) is 1.82. The Kier molecular flexibility index (Phi) is 4.92. The highest BCUT2D eigenvalue weighted by Gasteiger charge is 2.13. The van der Waals surface area contributed by atoms with Crippen LogP contribution >= 0.6 is 23.1 Å². The number of fused-ring (bicyclic) bond motifs is 1. The molecule has 0 aliphatic carbocycles. The van der Waals surface area contributed by atoms with E-state index in [1.165, 1.54) is 16.6 Å². The predicted octanol–water partition coefficient (Wildman–Crippen LogP) is 2.29. The van der Waals surface area contributed by atoms with Gasteiger partial charge >= 0.3 is 0 Å². The Morgan fingerprint density at radius 2 is 2.26 bits per heavy atom. The number of thiazole rings is 1. The Labute approximate surface area is 142 Å². The number of carbonyl (C=O) groups excluding carboxylic acids is 1. The molecular formula is C15H17N5OS2. The van der Waals surface area contributed by atoms with Crippen LogP contribution in [0.2, 0.25) is 0 Å². The molecule has 0 N–H and O–H groups in total. The molecule has 0 saturated carbocycles. The lowest BCUT2D eigenvalue weighted by atomic mass is 10.4. The number of thioether (sulfide) groups is 1. The molecule has 0 atom stereocenters. The van der Waals surface area contributed by atoms with Gasteiger partial charge in [-0.3, -0.25) is 9.20 Å². The van der Waals surface area contributed by atoms with Gasteiger partial charge in [0.15, 0.2) is 10.8 Å². The van der Waals surface area contributed by atoms with Crippen LogP contribution in [0.3, 0.4) is 0 Å². The summed E-state index contributed by atoms with van der Waals surface area (Å²) >= 11 is 3.08. The first-order valence-electron chi connectivity index (χ1n) is 7.21. The van der Waals surface area contributed by atoms with Gasteiger partial charge in [-0.25, -0.2) is 4.98 Å². The van der Waals surface area contributed by atoms with Crippen molar-refractivity contribution in [2.45, 2.75) is 18.5 Å². The zero-order chi connectivity index (χ0) is 16.2. The number of hydrogen-bond acceptors (Lipinski definition) is 6. The van der Waals surface area contributed by atoms with Gasteiger partial charge in [0.05, 0.1) is 10.8 Å². The molecule has 0 spiro atoms. The number of amides is 1. The fourth-order valence-electron chi connectivity index (χ4n) is 2.06. The average molecular weight is 347 g/mol. The van der Waals surface area contributed by atoms with Crippen molar-refractivity contribution in [3.8, 4) is 0 Å². The van der Waals surface area contributed by atoms with Crippen LogP contribution in [0.15, 0.2) is 35.7 Å². The van der Waals surface area contributed by atoms with Gasteiger partial charge in [-0.1, -0.05) is 17.8 Å². The molecule has 0 radical (unpaired) electrons. The Morgan fingerprint density at radius 3 is 3.04 bits per heavy atom. The summed E-state index contributed by atoms with van der Waals surface area (Å²) in [6.07, 6.45) is 4.56. The van der Waals surface area contributed by atoms with Gasteiger partial charge < -0.3 is 4.90 Å². The third kappa shape index (κ3) is 3.89. The van der Waals surface area contributed by atoms with Crippen molar-refractivity contribution in [2.24, 2.45) is 0 Å². The van der Waals surface area contributed by atoms with Gasteiger partial charge in [-0.2, -0.15) is 0 Å². The minimum Gasteiger partial charge on any atom is -0.345 e. The third-order valence-corrected chi connectivity index (χ3v) is 5.26. The predicted molar refractivity (Wildman–Crippen MR) is 91.9 cm³/mol. The van der Waals surface area contributed by atoms with Crippen LogP contribution in [-0.4, -0.2) is 49.7 Å². The summed E-state index contributed by atoms with van der Waals surface area (Å²) < 4.78 is 1.89. The SMILES string of the molecule is Cc1cnc(CCN(C)C(=O)CSc2nnc3ccccn23)s1. The Morgan fingerprint density at radius 1 is 1.39 bits per heavy atom. The van der Waals surface area contributed by atoms with Crippen molar-refractivity contribution >= 4 is 34.7 Å². The second-order valence-electron chi connectivity index (χ2n) is 5.13. The number of rotatable bonds is 6. The monoisotopic (exact) mass is 347 g/mol. The van der Waals surface area contributed by atoms with Crippen molar-refractivity contribution in [1.29, 1.82) is 0 Å². The van der Waals surface area contributed by atoms with E-state index in [4.69, 9.17) is 0 Å². The molecule has 3 rings (SSSR count). The van der Waals surface area contributed by atoms with E-state index >= 15 is 0 Å². The smallest absolute Gasteiger partial charge is 0.232 e. The Bertz CT molecular complexity index is 813. The zero-order valence-electron chi connectivity index (χ0n) is 13.0. The van der Waals surface area contributed by atoms with Crippen molar-refractivity contribution in [3.63, 3.8) is 0 Å². The maximum Gasteiger partial charge on any atom is 0.232 e. The highest BCUT2D eigenvalue weighted by Crippen LogP contribution is 2.17. The van der Waals surface area contributed by atoms with E-state index < -0.39 is 0 Å². The van der Waals surface area contributed by atoms with Crippen LogP contribution in [0.5, 0.6) is 0 Å². The fraction of sp³-hybridized carbons (Fsp3) is 0.333. The zero-order valence-corrected chi connectivity index (χ0v) is 14.6. The normalized spacial score (nSPS) is 11.0. The Balaban J connectivity index is 1.52. The van der Waals surface area contributed by atoms with E-state index in [9.17, 15) is 4.79 Å². The molecule has 8 heteroatoms. The summed E-state index contributed by atoms with van der Waals surface area (Å²) in [5.74, 6) is 0.430. The molecule has 6 nitrogen and oxygen atoms in total. The molecule has 3 aromatic rings. The number of likely N-dealkylation sites (N-methyl/N-ethyl adjacent to an activating group) is 1. The summed E-state index contributed by atoms with van der Waals surface area (Å²) in [4.78, 5) is 19.5. The average Bonchev–Trinajstić information content (AvgIpc) is 3.16. The second kappa shape index (κ2) is 7.10. The number of hydrogen-bond donors (Lipinski definition) is 0. The Hall–Kier alpha value is -1.93. The summed E-state index contributed by atoms with van der Waals surface area (Å²) in [6, 6.07) is 5.73. The number of aryl methyl sites for hydroxylation is 1. The lowest BCUT2D eigenvalue weighted by Gasteiger charge is -2.15. The molecule has 3 heterocycles. The highest BCUT2D eigenvalue weighted by atomic mass is 32.2. The van der Waals surface area contributed by atoms with Crippen molar-refractivity contribution in [1.82, 2.24) is 24.5 Å². The fourth-order valence-corrected chi connectivity index (χ4v) is 3.70. The maximum absolute atomic E-state index is 12.2. The van der Waals surface area contributed by atoms with Crippen molar-refractivity contribution < 1.29 is 4.79 Å².